The van der Waals surface area contributed by atoms with Crippen LogP contribution in [0.2, 0.25) is 0 Å². The van der Waals surface area contributed by atoms with Crippen molar-refractivity contribution in [1.82, 2.24) is 14.9 Å². The predicted molar refractivity (Wildman–Crippen MR) is 81.0 cm³/mol. The molecule has 20 heavy (non-hydrogen) atoms. The van der Waals surface area contributed by atoms with E-state index in [0.717, 1.165) is 48.5 Å². The first-order valence-electron chi connectivity index (χ1n) is 6.89. The second kappa shape index (κ2) is 5.64. The Morgan fingerprint density at radius 1 is 1.15 bits per heavy atom. The minimum Gasteiger partial charge on any atom is -0.497 e. The first-order chi connectivity index (χ1) is 9.76. The van der Waals surface area contributed by atoms with Crippen molar-refractivity contribution in [1.29, 1.82) is 0 Å². The highest BCUT2D eigenvalue weighted by molar-refractivity contribution is 5.92. The molecule has 1 aromatic carbocycles. The number of methoxy groups -OCH3 is 1. The molecule has 0 atom stereocenters. The van der Waals surface area contributed by atoms with Crippen LogP contribution < -0.4 is 10.2 Å². The number of hydrazine groups is 1. The fourth-order valence-corrected chi connectivity index (χ4v) is 2.43. The number of nitrogens with one attached hydrogen (secondary N) is 1. The van der Waals surface area contributed by atoms with Crippen molar-refractivity contribution in [3.63, 3.8) is 0 Å². The Kier molecular flexibility index (Phi) is 3.71. The normalized spacial score (nSPS) is 17.3. The standard InChI is InChI=1S/C15H20N4O/c1-18-7-9-19(10-8-18)17-15-14-11-13(20-2)4-3-12(14)5-6-16-15/h3-6,11H,7-10H2,1-2H3,(H,16,17). The van der Waals surface area contributed by atoms with E-state index in [9.17, 15) is 0 Å². The number of piperazine rings is 1. The summed E-state index contributed by atoms with van der Waals surface area (Å²) in [6.07, 6.45) is 1.84. The molecule has 2 aromatic rings. The molecule has 2 heterocycles. The molecule has 5 nitrogen and oxygen atoms in total. The number of anilines is 1. The molecule has 3 rings (SSSR count). The van der Waals surface area contributed by atoms with E-state index in [4.69, 9.17) is 4.74 Å². The van der Waals surface area contributed by atoms with Crippen molar-refractivity contribution in [2.45, 2.75) is 0 Å². The lowest BCUT2D eigenvalue weighted by Gasteiger charge is -2.32. The molecule has 1 aliphatic rings. The molecule has 1 fully saturated rings. The summed E-state index contributed by atoms with van der Waals surface area (Å²) in [5, 5.41) is 4.48. The van der Waals surface area contributed by atoms with Crippen LogP contribution in [0, 0.1) is 0 Å². The Morgan fingerprint density at radius 2 is 1.95 bits per heavy atom. The van der Waals surface area contributed by atoms with Crippen LogP contribution in [0.15, 0.2) is 30.5 Å². The Bertz CT molecular complexity index is 593. The number of pyridine rings is 1. The topological polar surface area (TPSA) is 40.6 Å². The van der Waals surface area contributed by atoms with Gasteiger partial charge in [0.05, 0.1) is 7.11 Å². The molecule has 0 spiro atoms. The maximum Gasteiger partial charge on any atom is 0.148 e. The van der Waals surface area contributed by atoms with E-state index in [2.05, 4.69) is 33.4 Å². The third-order valence-electron chi connectivity index (χ3n) is 3.74. The summed E-state index contributed by atoms with van der Waals surface area (Å²) in [6, 6.07) is 8.08. The van der Waals surface area contributed by atoms with E-state index in [1.165, 1.54) is 0 Å². The van der Waals surface area contributed by atoms with Gasteiger partial charge >= 0.3 is 0 Å². The quantitative estimate of drug-likeness (QED) is 0.923. The minimum atomic E-state index is 0.854. The molecule has 1 aliphatic heterocycles. The number of aromatic nitrogens is 1. The first kappa shape index (κ1) is 13.1. The summed E-state index contributed by atoms with van der Waals surface area (Å²) in [4.78, 5) is 6.80. The van der Waals surface area contributed by atoms with Crippen LogP contribution in [0.5, 0.6) is 5.75 Å². The lowest BCUT2D eigenvalue weighted by atomic mass is 10.1. The Balaban J connectivity index is 1.86. The molecule has 0 radical (unpaired) electrons. The van der Waals surface area contributed by atoms with Crippen molar-refractivity contribution in [2.24, 2.45) is 0 Å². The van der Waals surface area contributed by atoms with Crippen molar-refractivity contribution in [3.8, 4) is 5.75 Å². The van der Waals surface area contributed by atoms with E-state index in [-0.39, 0.29) is 0 Å². The monoisotopic (exact) mass is 272 g/mol. The smallest absolute Gasteiger partial charge is 0.148 e. The summed E-state index contributed by atoms with van der Waals surface area (Å²) >= 11 is 0. The third-order valence-corrected chi connectivity index (χ3v) is 3.74. The summed E-state index contributed by atoms with van der Waals surface area (Å²) in [7, 11) is 3.84. The molecule has 0 bridgehead atoms. The van der Waals surface area contributed by atoms with E-state index >= 15 is 0 Å². The van der Waals surface area contributed by atoms with Gasteiger partial charge in [-0.3, -0.25) is 0 Å². The molecule has 0 amide bonds. The molecule has 106 valence electrons. The lowest BCUT2D eigenvalue weighted by molar-refractivity contribution is 0.178. The highest BCUT2D eigenvalue weighted by atomic mass is 16.5. The molecule has 0 aliphatic carbocycles. The van der Waals surface area contributed by atoms with Gasteiger partial charge in [-0.05, 0) is 30.6 Å². The fraction of sp³-hybridized carbons (Fsp3) is 0.400. The Morgan fingerprint density at radius 3 is 2.70 bits per heavy atom. The number of nitrogens with zero attached hydrogens (tertiary/aromatic N) is 3. The molecular weight excluding hydrogens is 252 g/mol. The number of benzene rings is 1. The second-order valence-electron chi connectivity index (χ2n) is 5.15. The van der Waals surface area contributed by atoms with Crippen LogP contribution in [-0.4, -0.2) is 55.2 Å². The summed E-state index contributed by atoms with van der Waals surface area (Å²) < 4.78 is 5.31. The zero-order valence-corrected chi connectivity index (χ0v) is 12.0. The zero-order valence-electron chi connectivity index (χ0n) is 12.0. The van der Waals surface area contributed by atoms with Gasteiger partial charge in [-0.25, -0.2) is 9.99 Å². The van der Waals surface area contributed by atoms with E-state index in [0.29, 0.717) is 0 Å². The van der Waals surface area contributed by atoms with Crippen LogP contribution in [0.3, 0.4) is 0 Å². The van der Waals surface area contributed by atoms with Gasteiger partial charge in [-0.1, -0.05) is 6.07 Å². The number of hydrogen-bond acceptors (Lipinski definition) is 5. The number of rotatable bonds is 3. The maximum atomic E-state index is 5.31. The highest BCUT2D eigenvalue weighted by Crippen LogP contribution is 2.26. The molecule has 1 saturated heterocycles. The predicted octanol–water partition coefficient (Wildman–Crippen LogP) is 1.82. The van der Waals surface area contributed by atoms with Crippen LogP contribution >= 0.6 is 0 Å². The van der Waals surface area contributed by atoms with Gasteiger partial charge in [-0.2, -0.15) is 0 Å². The average molecular weight is 272 g/mol. The van der Waals surface area contributed by atoms with Crippen LogP contribution in [0.25, 0.3) is 10.8 Å². The number of likely N-dealkylation sites (N-methyl/N-ethyl adjacent to an activating group) is 1. The molecule has 5 heteroatoms. The van der Waals surface area contributed by atoms with Crippen molar-refractivity contribution < 1.29 is 4.74 Å². The molecule has 1 aromatic heterocycles. The van der Waals surface area contributed by atoms with Gasteiger partial charge in [0, 0.05) is 37.8 Å². The van der Waals surface area contributed by atoms with Gasteiger partial charge in [0.1, 0.15) is 11.6 Å². The zero-order chi connectivity index (χ0) is 13.9. The molecule has 0 saturated carbocycles. The molecule has 1 N–H and O–H groups in total. The Hall–Kier alpha value is -1.85. The third kappa shape index (κ3) is 2.69. The Labute approximate surface area is 119 Å². The number of fused-ring (bicyclic) bond motifs is 1. The SMILES string of the molecule is COc1ccc2ccnc(NN3CCN(C)CC3)c2c1. The highest BCUT2D eigenvalue weighted by Gasteiger charge is 2.15. The molecule has 0 unspecified atom stereocenters. The van der Waals surface area contributed by atoms with E-state index in [1.807, 2.05) is 24.4 Å². The fourth-order valence-electron chi connectivity index (χ4n) is 2.43. The van der Waals surface area contributed by atoms with Crippen LogP contribution in [-0.2, 0) is 0 Å². The average Bonchev–Trinajstić information content (AvgIpc) is 2.49. The first-order valence-corrected chi connectivity index (χ1v) is 6.89. The summed E-state index contributed by atoms with van der Waals surface area (Å²) in [6.45, 7) is 4.14. The van der Waals surface area contributed by atoms with E-state index < -0.39 is 0 Å². The maximum absolute atomic E-state index is 5.31. The van der Waals surface area contributed by atoms with Crippen molar-refractivity contribution >= 4 is 16.6 Å². The lowest BCUT2D eigenvalue weighted by Crippen LogP contribution is -2.47. The largest absolute Gasteiger partial charge is 0.497 e. The van der Waals surface area contributed by atoms with Gasteiger partial charge < -0.3 is 15.1 Å². The van der Waals surface area contributed by atoms with Gasteiger partial charge in [-0.15, -0.1) is 0 Å². The van der Waals surface area contributed by atoms with Gasteiger partial charge in [0.2, 0.25) is 0 Å². The van der Waals surface area contributed by atoms with E-state index in [1.54, 1.807) is 7.11 Å². The number of ether oxygens (including phenoxy) is 1. The second-order valence-corrected chi connectivity index (χ2v) is 5.15. The molecular formula is C15H20N4O. The van der Waals surface area contributed by atoms with Crippen LogP contribution in [0.1, 0.15) is 0 Å². The summed E-state index contributed by atoms with van der Waals surface area (Å²) in [5.41, 5.74) is 3.44. The van der Waals surface area contributed by atoms with Gasteiger partial charge in [0.15, 0.2) is 0 Å². The minimum absolute atomic E-state index is 0.854. The van der Waals surface area contributed by atoms with Gasteiger partial charge in [0.25, 0.3) is 0 Å². The van der Waals surface area contributed by atoms with Crippen molar-refractivity contribution in [3.05, 3.63) is 30.5 Å². The summed E-state index contributed by atoms with van der Waals surface area (Å²) in [5.74, 6) is 1.75. The van der Waals surface area contributed by atoms with Crippen molar-refractivity contribution in [2.75, 3.05) is 45.8 Å². The number of hydrogen-bond donors (Lipinski definition) is 1. The van der Waals surface area contributed by atoms with Crippen LogP contribution in [0.4, 0.5) is 5.82 Å².